The van der Waals surface area contributed by atoms with Crippen LogP contribution in [0.25, 0.3) is 0 Å². The summed E-state index contributed by atoms with van der Waals surface area (Å²) in [6.07, 6.45) is 0. The molecule has 0 fully saturated rings. The molecular formula is C11H12N. The normalized spacial score (nSPS) is 9.92. The van der Waals surface area contributed by atoms with Gasteiger partial charge in [-0.25, -0.2) is 0 Å². The third-order valence-electron chi connectivity index (χ3n) is 1.83. The predicted octanol–water partition coefficient (Wildman–Crippen LogP) is 2.83. The third-order valence-corrected chi connectivity index (χ3v) is 1.83. The van der Waals surface area contributed by atoms with E-state index in [2.05, 4.69) is 6.07 Å². The quantitative estimate of drug-likeness (QED) is 0.616. The number of rotatable bonds is 1. The van der Waals surface area contributed by atoms with Crippen molar-refractivity contribution in [2.75, 3.05) is 0 Å². The van der Waals surface area contributed by atoms with E-state index in [0.29, 0.717) is 0 Å². The molecule has 1 nitrogen and oxygen atoms in total. The minimum atomic E-state index is 0.764. The first-order valence-corrected chi connectivity index (χ1v) is 3.96. The molecule has 1 rings (SSSR count). The molecule has 0 aliphatic heterocycles. The van der Waals surface area contributed by atoms with E-state index in [1.54, 1.807) is 0 Å². The van der Waals surface area contributed by atoms with Crippen molar-refractivity contribution in [3.63, 3.8) is 0 Å². The SMILES string of the molecule is C[C](C)c1cc(C)ccc1C#N. The molecule has 1 aromatic rings. The molecule has 0 aliphatic rings. The van der Waals surface area contributed by atoms with E-state index in [1.165, 1.54) is 11.5 Å². The molecule has 0 N–H and O–H groups in total. The van der Waals surface area contributed by atoms with Crippen LogP contribution in [0.2, 0.25) is 0 Å². The predicted molar refractivity (Wildman–Crippen MR) is 49.6 cm³/mol. The first-order chi connectivity index (χ1) is 5.65. The van der Waals surface area contributed by atoms with Gasteiger partial charge in [-0.1, -0.05) is 31.5 Å². The van der Waals surface area contributed by atoms with Gasteiger partial charge in [0.1, 0.15) is 0 Å². The summed E-state index contributed by atoms with van der Waals surface area (Å²) in [5, 5.41) is 8.79. The second-order valence-electron chi connectivity index (χ2n) is 3.16. The highest BCUT2D eigenvalue weighted by molar-refractivity contribution is 5.46. The van der Waals surface area contributed by atoms with E-state index in [9.17, 15) is 0 Å². The molecule has 0 aromatic heterocycles. The van der Waals surface area contributed by atoms with Gasteiger partial charge >= 0.3 is 0 Å². The molecule has 0 saturated heterocycles. The van der Waals surface area contributed by atoms with Gasteiger partial charge in [-0.05, 0) is 18.6 Å². The maximum absolute atomic E-state index is 8.79. The number of aryl methyl sites for hydroxylation is 1. The summed E-state index contributed by atoms with van der Waals surface area (Å²) in [7, 11) is 0. The van der Waals surface area contributed by atoms with Gasteiger partial charge in [-0.15, -0.1) is 0 Å². The van der Waals surface area contributed by atoms with Gasteiger partial charge in [0.15, 0.2) is 0 Å². The van der Waals surface area contributed by atoms with Gasteiger partial charge in [0, 0.05) is 5.92 Å². The molecular weight excluding hydrogens is 146 g/mol. The number of nitriles is 1. The average Bonchev–Trinajstić information content (AvgIpc) is 2.04. The number of benzene rings is 1. The van der Waals surface area contributed by atoms with Crippen molar-refractivity contribution in [3.05, 3.63) is 40.8 Å². The fraction of sp³-hybridized carbons (Fsp3) is 0.273. The fourth-order valence-corrected chi connectivity index (χ4v) is 1.17. The second-order valence-corrected chi connectivity index (χ2v) is 3.16. The Hall–Kier alpha value is -1.29. The summed E-state index contributed by atoms with van der Waals surface area (Å²) in [6.45, 7) is 6.08. The van der Waals surface area contributed by atoms with Crippen LogP contribution >= 0.6 is 0 Å². The summed E-state index contributed by atoms with van der Waals surface area (Å²) >= 11 is 0. The number of nitrogens with zero attached hydrogens (tertiary/aromatic N) is 1. The number of hydrogen-bond donors (Lipinski definition) is 0. The van der Waals surface area contributed by atoms with E-state index in [1.807, 2.05) is 39.0 Å². The smallest absolute Gasteiger partial charge is 0.0994 e. The fourth-order valence-electron chi connectivity index (χ4n) is 1.17. The van der Waals surface area contributed by atoms with Crippen LogP contribution in [0.5, 0.6) is 0 Å². The van der Waals surface area contributed by atoms with E-state index in [-0.39, 0.29) is 0 Å². The standard InChI is InChI=1S/C11H12N/c1-8(2)11-6-9(3)4-5-10(11)7-12/h4-6H,1-3H3. The largest absolute Gasteiger partial charge is 0.192 e. The lowest BCUT2D eigenvalue weighted by Gasteiger charge is -2.07. The van der Waals surface area contributed by atoms with Crippen LogP contribution in [-0.4, -0.2) is 0 Å². The Morgan fingerprint density at radius 2 is 2.00 bits per heavy atom. The molecule has 0 amide bonds. The highest BCUT2D eigenvalue weighted by atomic mass is 14.2. The molecule has 0 atom stereocenters. The first kappa shape index (κ1) is 8.80. The zero-order chi connectivity index (χ0) is 9.14. The molecule has 0 spiro atoms. The van der Waals surface area contributed by atoms with E-state index in [0.717, 1.165) is 11.1 Å². The van der Waals surface area contributed by atoms with Gasteiger partial charge in [0.05, 0.1) is 11.6 Å². The highest BCUT2D eigenvalue weighted by Crippen LogP contribution is 2.19. The average molecular weight is 158 g/mol. The molecule has 12 heavy (non-hydrogen) atoms. The zero-order valence-electron chi connectivity index (χ0n) is 7.68. The molecule has 0 unspecified atom stereocenters. The molecule has 0 aliphatic carbocycles. The lowest BCUT2D eigenvalue weighted by Crippen LogP contribution is -1.93. The Morgan fingerprint density at radius 3 is 2.50 bits per heavy atom. The van der Waals surface area contributed by atoms with Crippen LogP contribution in [0, 0.1) is 24.2 Å². The summed E-state index contributed by atoms with van der Waals surface area (Å²) in [5.41, 5.74) is 3.03. The first-order valence-electron chi connectivity index (χ1n) is 3.96. The van der Waals surface area contributed by atoms with Gasteiger partial charge in [0.25, 0.3) is 0 Å². The minimum Gasteiger partial charge on any atom is -0.192 e. The third kappa shape index (κ3) is 1.65. The number of hydrogen-bond acceptors (Lipinski definition) is 1. The van der Waals surface area contributed by atoms with Crippen molar-refractivity contribution >= 4 is 0 Å². The second kappa shape index (κ2) is 3.40. The van der Waals surface area contributed by atoms with Crippen LogP contribution in [0.1, 0.15) is 30.5 Å². The molecule has 1 radical (unpaired) electrons. The lowest BCUT2D eigenvalue weighted by molar-refractivity contribution is 1.13. The maximum Gasteiger partial charge on any atom is 0.0994 e. The summed E-state index contributed by atoms with van der Waals surface area (Å²) in [4.78, 5) is 0. The van der Waals surface area contributed by atoms with Crippen LogP contribution in [0.15, 0.2) is 18.2 Å². The molecule has 1 aromatic carbocycles. The van der Waals surface area contributed by atoms with Crippen molar-refractivity contribution in [1.82, 2.24) is 0 Å². The van der Waals surface area contributed by atoms with Crippen LogP contribution in [-0.2, 0) is 0 Å². The van der Waals surface area contributed by atoms with Gasteiger partial charge in [-0.2, -0.15) is 5.26 Å². The van der Waals surface area contributed by atoms with Gasteiger partial charge in [0.2, 0.25) is 0 Å². The Bertz CT molecular complexity index is 318. The zero-order valence-corrected chi connectivity index (χ0v) is 7.68. The van der Waals surface area contributed by atoms with E-state index < -0.39 is 0 Å². The van der Waals surface area contributed by atoms with Crippen molar-refractivity contribution in [1.29, 1.82) is 5.26 Å². The molecule has 1 heteroatoms. The molecule has 0 heterocycles. The summed E-state index contributed by atoms with van der Waals surface area (Å²) < 4.78 is 0. The van der Waals surface area contributed by atoms with Crippen LogP contribution in [0.4, 0.5) is 0 Å². The Labute approximate surface area is 73.6 Å². The minimum absolute atomic E-state index is 0.764. The van der Waals surface area contributed by atoms with E-state index >= 15 is 0 Å². The Balaban J connectivity index is 3.24. The van der Waals surface area contributed by atoms with Crippen molar-refractivity contribution in [2.24, 2.45) is 0 Å². The molecule has 61 valence electrons. The monoisotopic (exact) mass is 158 g/mol. The van der Waals surface area contributed by atoms with E-state index in [4.69, 9.17) is 5.26 Å². The van der Waals surface area contributed by atoms with Crippen LogP contribution in [0.3, 0.4) is 0 Å². The Kier molecular flexibility index (Phi) is 2.50. The van der Waals surface area contributed by atoms with Crippen molar-refractivity contribution in [2.45, 2.75) is 20.8 Å². The molecule has 0 saturated carbocycles. The summed E-state index contributed by atoms with van der Waals surface area (Å²) in [5.74, 6) is 1.19. The summed E-state index contributed by atoms with van der Waals surface area (Å²) in [6, 6.07) is 8.07. The van der Waals surface area contributed by atoms with Gasteiger partial charge < -0.3 is 0 Å². The maximum atomic E-state index is 8.79. The molecule has 0 bridgehead atoms. The van der Waals surface area contributed by atoms with Crippen molar-refractivity contribution in [3.8, 4) is 6.07 Å². The highest BCUT2D eigenvalue weighted by Gasteiger charge is 2.05. The van der Waals surface area contributed by atoms with Crippen molar-refractivity contribution < 1.29 is 0 Å². The topological polar surface area (TPSA) is 23.8 Å². The van der Waals surface area contributed by atoms with Gasteiger partial charge in [-0.3, -0.25) is 0 Å². The lowest BCUT2D eigenvalue weighted by atomic mass is 9.96. The Morgan fingerprint density at radius 1 is 1.33 bits per heavy atom. The van der Waals surface area contributed by atoms with Crippen LogP contribution < -0.4 is 0 Å².